The Labute approximate surface area is 214 Å². The molecule has 1 aromatic heterocycles. The van der Waals surface area contributed by atoms with Crippen molar-refractivity contribution in [3.63, 3.8) is 0 Å². The number of hydrogen-bond acceptors (Lipinski definition) is 7. The van der Waals surface area contributed by atoms with E-state index in [0.717, 1.165) is 23.6 Å². The zero-order valence-corrected chi connectivity index (χ0v) is 21.2. The molecule has 0 spiro atoms. The van der Waals surface area contributed by atoms with E-state index in [1.165, 1.54) is 12.1 Å². The van der Waals surface area contributed by atoms with Crippen LogP contribution >= 0.6 is 0 Å². The third kappa shape index (κ3) is 6.04. The Morgan fingerprint density at radius 3 is 2.05 bits per heavy atom. The molecule has 37 heavy (non-hydrogen) atoms. The number of carbonyl (C=O) groups excluding carboxylic acids is 2. The standard InChI is InChI=1S/C27H25N3O6S/c1-17-25(28-27(32)35-18(2)20-7-5-4-6-8-20)26(36-29-17)23-11-9-21(10-12-23)22-13-15-24(16-14-22)37(33,34)30-19(3)31/h4-16,18H,1-3H3,(H,28,32)(H,30,31). The fourth-order valence-electron chi connectivity index (χ4n) is 3.69. The molecule has 0 aliphatic carbocycles. The first kappa shape index (κ1) is 25.6. The third-order valence-corrected chi connectivity index (χ3v) is 7.01. The summed E-state index contributed by atoms with van der Waals surface area (Å²) in [7, 11) is -3.90. The minimum atomic E-state index is -3.90. The van der Waals surface area contributed by atoms with Gasteiger partial charge in [-0.15, -0.1) is 0 Å². The van der Waals surface area contributed by atoms with Gasteiger partial charge >= 0.3 is 6.09 Å². The molecule has 2 N–H and O–H groups in total. The van der Waals surface area contributed by atoms with Crippen molar-refractivity contribution >= 4 is 27.7 Å². The predicted molar refractivity (Wildman–Crippen MR) is 138 cm³/mol. The maximum atomic E-state index is 12.6. The van der Waals surface area contributed by atoms with Crippen LogP contribution < -0.4 is 10.0 Å². The van der Waals surface area contributed by atoms with Crippen molar-refractivity contribution in [2.75, 3.05) is 5.32 Å². The van der Waals surface area contributed by atoms with E-state index in [0.29, 0.717) is 22.7 Å². The summed E-state index contributed by atoms with van der Waals surface area (Å²) < 4.78 is 37.2. The first-order chi connectivity index (χ1) is 17.6. The summed E-state index contributed by atoms with van der Waals surface area (Å²) in [5.41, 5.74) is 4.06. The van der Waals surface area contributed by atoms with Gasteiger partial charge in [0.1, 0.15) is 17.5 Å². The SMILES string of the molecule is CC(=O)NS(=O)(=O)c1ccc(-c2ccc(-c3onc(C)c3NC(=O)OC(C)c3ccccc3)cc2)cc1. The first-order valence-electron chi connectivity index (χ1n) is 11.4. The fraction of sp³-hybridized carbons (Fsp3) is 0.148. The summed E-state index contributed by atoms with van der Waals surface area (Å²) in [6.07, 6.45) is -1.07. The number of ether oxygens (including phenoxy) is 1. The Bertz CT molecular complexity index is 1510. The number of aromatic nitrogens is 1. The molecule has 4 aromatic rings. The Hall–Kier alpha value is -4.44. The van der Waals surface area contributed by atoms with Crippen LogP contribution in [0, 0.1) is 6.92 Å². The van der Waals surface area contributed by atoms with Gasteiger partial charge in [0, 0.05) is 12.5 Å². The van der Waals surface area contributed by atoms with Gasteiger partial charge in [0.2, 0.25) is 5.91 Å². The van der Waals surface area contributed by atoms with Gasteiger partial charge in [-0.05, 0) is 42.7 Å². The van der Waals surface area contributed by atoms with E-state index in [4.69, 9.17) is 9.26 Å². The zero-order valence-electron chi connectivity index (χ0n) is 20.4. The molecule has 3 aromatic carbocycles. The Morgan fingerprint density at radius 2 is 1.46 bits per heavy atom. The molecule has 0 radical (unpaired) electrons. The second-order valence-electron chi connectivity index (χ2n) is 8.32. The van der Waals surface area contributed by atoms with E-state index in [2.05, 4.69) is 10.5 Å². The van der Waals surface area contributed by atoms with Gasteiger partial charge in [-0.3, -0.25) is 10.1 Å². The van der Waals surface area contributed by atoms with Crippen molar-refractivity contribution in [1.82, 2.24) is 9.88 Å². The minimum Gasteiger partial charge on any atom is -0.441 e. The Morgan fingerprint density at radius 1 is 0.892 bits per heavy atom. The average molecular weight is 520 g/mol. The monoisotopic (exact) mass is 519 g/mol. The van der Waals surface area contributed by atoms with E-state index < -0.39 is 28.1 Å². The van der Waals surface area contributed by atoms with Gasteiger partial charge in [-0.1, -0.05) is 71.9 Å². The molecule has 0 aliphatic rings. The molecular formula is C27H25N3O6S. The summed E-state index contributed by atoms with van der Waals surface area (Å²) in [5.74, 6) is -0.278. The number of nitrogens with one attached hydrogen (secondary N) is 2. The normalized spacial score (nSPS) is 12.0. The van der Waals surface area contributed by atoms with Crippen molar-refractivity contribution in [3.8, 4) is 22.5 Å². The molecular weight excluding hydrogens is 494 g/mol. The summed E-state index contributed by atoms with van der Waals surface area (Å²) >= 11 is 0. The first-order valence-corrected chi connectivity index (χ1v) is 12.9. The third-order valence-electron chi connectivity index (χ3n) is 5.57. The molecule has 9 nitrogen and oxygen atoms in total. The van der Waals surface area contributed by atoms with Crippen molar-refractivity contribution in [3.05, 3.63) is 90.1 Å². The van der Waals surface area contributed by atoms with Crippen molar-refractivity contribution in [1.29, 1.82) is 0 Å². The van der Waals surface area contributed by atoms with Gasteiger partial charge < -0.3 is 9.26 Å². The lowest BCUT2D eigenvalue weighted by Gasteiger charge is -2.14. The van der Waals surface area contributed by atoms with Crippen LogP contribution in [-0.2, 0) is 19.6 Å². The molecule has 0 bridgehead atoms. The molecule has 0 saturated carbocycles. The van der Waals surface area contributed by atoms with Crippen LogP contribution in [-0.4, -0.2) is 25.6 Å². The molecule has 1 heterocycles. The zero-order chi connectivity index (χ0) is 26.6. The highest BCUT2D eigenvalue weighted by molar-refractivity contribution is 7.90. The van der Waals surface area contributed by atoms with E-state index >= 15 is 0 Å². The van der Waals surface area contributed by atoms with Crippen LogP contribution in [0.3, 0.4) is 0 Å². The molecule has 0 saturated heterocycles. The summed E-state index contributed by atoms with van der Waals surface area (Å²) in [5, 5.41) is 6.72. The van der Waals surface area contributed by atoms with Crippen LogP contribution in [0.4, 0.5) is 10.5 Å². The average Bonchev–Trinajstić information content (AvgIpc) is 3.23. The van der Waals surface area contributed by atoms with Gasteiger partial charge in [0.15, 0.2) is 5.76 Å². The number of nitrogens with zero attached hydrogens (tertiary/aromatic N) is 1. The van der Waals surface area contributed by atoms with Crippen LogP contribution in [0.15, 0.2) is 88.3 Å². The van der Waals surface area contributed by atoms with Gasteiger partial charge in [0.25, 0.3) is 10.0 Å². The second kappa shape index (κ2) is 10.7. The van der Waals surface area contributed by atoms with Gasteiger partial charge in [0.05, 0.1) is 4.90 Å². The Balaban J connectivity index is 1.49. The highest BCUT2D eigenvalue weighted by atomic mass is 32.2. The van der Waals surface area contributed by atoms with Crippen molar-refractivity contribution in [2.45, 2.75) is 31.8 Å². The topological polar surface area (TPSA) is 128 Å². The number of hydrogen-bond donors (Lipinski definition) is 2. The molecule has 2 amide bonds. The molecule has 4 rings (SSSR count). The Kier molecular flexibility index (Phi) is 7.40. The second-order valence-corrected chi connectivity index (χ2v) is 10.0. The lowest BCUT2D eigenvalue weighted by Crippen LogP contribution is -2.28. The van der Waals surface area contributed by atoms with E-state index in [1.807, 2.05) is 47.2 Å². The number of rotatable bonds is 7. The number of aryl methyl sites for hydroxylation is 1. The molecule has 10 heteroatoms. The fourth-order valence-corrected chi connectivity index (χ4v) is 4.68. The summed E-state index contributed by atoms with van der Waals surface area (Å²) in [6, 6.07) is 22.9. The quantitative estimate of drug-likeness (QED) is 0.332. The minimum absolute atomic E-state index is 0.00982. The number of amides is 2. The van der Waals surface area contributed by atoms with E-state index in [1.54, 1.807) is 38.1 Å². The predicted octanol–water partition coefficient (Wildman–Crippen LogP) is 5.45. The number of sulfonamides is 1. The van der Waals surface area contributed by atoms with Crippen molar-refractivity contribution in [2.24, 2.45) is 0 Å². The van der Waals surface area contributed by atoms with Gasteiger partial charge in [-0.25, -0.2) is 17.9 Å². The molecule has 0 aliphatic heterocycles. The lowest BCUT2D eigenvalue weighted by atomic mass is 10.0. The molecule has 0 fully saturated rings. The molecule has 1 unspecified atom stereocenters. The summed E-state index contributed by atoms with van der Waals surface area (Å²) in [6.45, 7) is 4.64. The molecule has 1 atom stereocenters. The van der Waals surface area contributed by atoms with Crippen LogP contribution in [0.25, 0.3) is 22.5 Å². The number of anilines is 1. The highest BCUT2D eigenvalue weighted by Crippen LogP contribution is 2.33. The largest absolute Gasteiger partial charge is 0.441 e. The number of carbonyl (C=O) groups is 2. The van der Waals surface area contributed by atoms with Gasteiger partial charge in [-0.2, -0.15) is 0 Å². The van der Waals surface area contributed by atoms with E-state index in [9.17, 15) is 18.0 Å². The maximum Gasteiger partial charge on any atom is 0.412 e. The van der Waals surface area contributed by atoms with Crippen molar-refractivity contribution < 1.29 is 27.3 Å². The number of benzene rings is 3. The highest BCUT2D eigenvalue weighted by Gasteiger charge is 2.20. The maximum absolute atomic E-state index is 12.6. The van der Waals surface area contributed by atoms with Crippen LogP contribution in [0.1, 0.15) is 31.2 Å². The van der Waals surface area contributed by atoms with E-state index in [-0.39, 0.29) is 4.90 Å². The van der Waals surface area contributed by atoms with Crippen LogP contribution in [0.5, 0.6) is 0 Å². The smallest absolute Gasteiger partial charge is 0.412 e. The van der Waals surface area contributed by atoms with Crippen LogP contribution in [0.2, 0.25) is 0 Å². The summed E-state index contributed by atoms with van der Waals surface area (Å²) in [4.78, 5) is 23.7. The lowest BCUT2D eigenvalue weighted by molar-refractivity contribution is -0.117. The molecule has 190 valence electrons.